The molecule has 2 aromatic carbocycles. The van der Waals surface area contributed by atoms with E-state index in [1.54, 1.807) is 24.3 Å². The number of aryl methyl sites for hydroxylation is 1. The molecule has 3 amide bonds. The van der Waals surface area contributed by atoms with Crippen molar-refractivity contribution in [1.82, 2.24) is 4.98 Å². The van der Waals surface area contributed by atoms with Crippen molar-refractivity contribution >= 4 is 57.3 Å². The van der Waals surface area contributed by atoms with Crippen molar-refractivity contribution in [3.05, 3.63) is 65.2 Å². The third kappa shape index (κ3) is 8.59. The van der Waals surface area contributed by atoms with Gasteiger partial charge in [0.1, 0.15) is 5.75 Å². The van der Waals surface area contributed by atoms with Crippen LogP contribution in [0.3, 0.4) is 0 Å². The summed E-state index contributed by atoms with van der Waals surface area (Å²) < 4.78 is 5.46. The minimum atomic E-state index is -0.284. The van der Waals surface area contributed by atoms with Crippen LogP contribution in [0.25, 0.3) is 0 Å². The summed E-state index contributed by atoms with van der Waals surface area (Å²) >= 11 is 2.75. The summed E-state index contributed by atoms with van der Waals surface area (Å²) in [5.74, 6) is 0.868. The molecule has 3 rings (SSSR count). The van der Waals surface area contributed by atoms with Gasteiger partial charge in [0, 0.05) is 29.4 Å². The van der Waals surface area contributed by atoms with Gasteiger partial charge in [-0.15, -0.1) is 23.1 Å². The van der Waals surface area contributed by atoms with E-state index in [4.69, 9.17) is 4.74 Å². The Morgan fingerprint density at radius 2 is 1.61 bits per heavy atom. The number of ether oxygens (including phenoxy) is 1. The van der Waals surface area contributed by atoms with Crippen LogP contribution in [0, 0.1) is 6.92 Å². The van der Waals surface area contributed by atoms with Gasteiger partial charge in [0.05, 0.1) is 11.4 Å². The molecule has 0 bridgehead atoms. The number of hydrogen-bond donors (Lipinski definition) is 3. The molecule has 0 aliphatic heterocycles. The quantitative estimate of drug-likeness (QED) is 0.396. The lowest BCUT2D eigenvalue weighted by Gasteiger charge is -2.07. The maximum atomic E-state index is 12.1. The molecule has 3 N–H and O–H groups in total. The van der Waals surface area contributed by atoms with E-state index in [1.807, 2.05) is 36.6 Å². The van der Waals surface area contributed by atoms with Crippen molar-refractivity contribution in [3.63, 3.8) is 0 Å². The van der Waals surface area contributed by atoms with Crippen LogP contribution in [-0.2, 0) is 20.1 Å². The summed E-state index contributed by atoms with van der Waals surface area (Å²) in [6.07, 6.45) is 0. The molecule has 3 aromatic rings. The molecule has 172 valence electrons. The summed E-state index contributed by atoms with van der Waals surface area (Å²) in [5.41, 5.74) is 3.23. The monoisotopic (exact) mass is 484 g/mol. The zero-order valence-electron chi connectivity index (χ0n) is 18.2. The predicted molar refractivity (Wildman–Crippen MR) is 133 cm³/mol. The van der Waals surface area contributed by atoms with E-state index in [1.165, 1.54) is 30.0 Å². The van der Waals surface area contributed by atoms with Crippen LogP contribution in [0.4, 0.5) is 16.5 Å². The summed E-state index contributed by atoms with van der Waals surface area (Å²) in [6, 6.07) is 14.4. The van der Waals surface area contributed by atoms with Gasteiger partial charge in [0.25, 0.3) is 5.91 Å². The number of amides is 3. The number of benzene rings is 2. The highest BCUT2D eigenvalue weighted by Gasteiger charge is 2.09. The van der Waals surface area contributed by atoms with E-state index in [-0.39, 0.29) is 30.1 Å². The van der Waals surface area contributed by atoms with Gasteiger partial charge in [0.2, 0.25) is 11.8 Å². The van der Waals surface area contributed by atoms with Crippen LogP contribution in [0.1, 0.15) is 18.2 Å². The highest BCUT2D eigenvalue weighted by molar-refractivity contribution is 7.99. The van der Waals surface area contributed by atoms with Crippen LogP contribution in [-0.4, -0.2) is 35.1 Å². The number of anilines is 3. The molecule has 10 heteroatoms. The Kier molecular flexibility index (Phi) is 8.85. The third-order valence-corrected chi connectivity index (χ3v) is 5.93. The number of carbonyl (C=O) groups is 3. The van der Waals surface area contributed by atoms with Gasteiger partial charge < -0.3 is 15.4 Å². The molecule has 33 heavy (non-hydrogen) atoms. The zero-order chi connectivity index (χ0) is 23.6. The van der Waals surface area contributed by atoms with Gasteiger partial charge in [0.15, 0.2) is 11.7 Å². The molecule has 0 saturated carbocycles. The van der Waals surface area contributed by atoms with Crippen LogP contribution < -0.4 is 20.7 Å². The average molecular weight is 485 g/mol. The summed E-state index contributed by atoms with van der Waals surface area (Å²) in [5, 5.41) is 10.5. The molecule has 0 radical (unpaired) electrons. The second kappa shape index (κ2) is 12.0. The van der Waals surface area contributed by atoms with Crippen molar-refractivity contribution in [3.8, 4) is 5.75 Å². The zero-order valence-corrected chi connectivity index (χ0v) is 19.8. The topological polar surface area (TPSA) is 109 Å². The number of hydrogen-bond acceptors (Lipinski definition) is 7. The number of thiazole rings is 1. The van der Waals surface area contributed by atoms with Gasteiger partial charge >= 0.3 is 0 Å². The maximum Gasteiger partial charge on any atom is 0.264 e. The molecule has 1 aromatic heterocycles. The van der Waals surface area contributed by atoms with Crippen molar-refractivity contribution in [1.29, 1.82) is 0 Å². The Morgan fingerprint density at radius 1 is 0.939 bits per heavy atom. The number of aromatic nitrogens is 1. The normalized spacial score (nSPS) is 10.4. The lowest BCUT2D eigenvalue weighted by molar-refractivity contribution is -0.118. The first-order valence-corrected chi connectivity index (χ1v) is 12.1. The van der Waals surface area contributed by atoms with Crippen LogP contribution >= 0.6 is 23.1 Å². The van der Waals surface area contributed by atoms with Crippen LogP contribution in [0.2, 0.25) is 0 Å². The molecule has 0 spiro atoms. The molecule has 8 nitrogen and oxygen atoms in total. The fraction of sp³-hybridized carbons (Fsp3) is 0.217. The van der Waals surface area contributed by atoms with Gasteiger partial charge in [-0.05, 0) is 43.3 Å². The number of carbonyl (C=O) groups excluding carboxylic acids is 3. The van der Waals surface area contributed by atoms with Crippen molar-refractivity contribution in [2.45, 2.75) is 19.6 Å². The first-order chi connectivity index (χ1) is 15.9. The lowest BCUT2D eigenvalue weighted by Crippen LogP contribution is -2.20. The van der Waals surface area contributed by atoms with Gasteiger partial charge in [-0.1, -0.05) is 17.7 Å². The Balaban J connectivity index is 1.36. The fourth-order valence-electron chi connectivity index (χ4n) is 2.65. The summed E-state index contributed by atoms with van der Waals surface area (Å²) in [6.45, 7) is 3.32. The number of nitrogens with zero attached hydrogens (tertiary/aromatic N) is 1. The molecule has 0 unspecified atom stereocenters. The minimum Gasteiger partial charge on any atom is -0.484 e. The standard InChI is InChI=1S/C23H24N4O4S2/c1-15-3-9-20(10-4-15)31-11-21(29)27-23-26-19(13-33-23)12-32-14-22(30)25-18-7-5-17(6-8-18)24-16(2)28/h3-10,13H,11-12,14H2,1-2H3,(H,24,28)(H,25,30)(H,26,27,29). The highest BCUT2D eigenvalue weighted by atomic mass is 32.2. The van der Waals surface area contributed by atoms with Crippen molar-refractivity contribution in [2.75, 3.05) is 28.3 Å². The van der Waals surface area contributed by atoms with Crippen molar-refractivity contribution in [2.24, 2.45) is 0 Å². The highest BCUT2D eigenvalue weighted by Crippen LogP contribution is 2.20. The smallest absolute Gasteiger partial charge is 0.264 e. The third-order valence-electron chi connectivity index (χ3n) is 4.16. The first kappa shape index (κ1) is 24.3. The van der Waals surface area contributed by atoms with E-state index in [2.05, 4.69) is 20.9 Å². The largest absolute Gasteiger partial charge is 0.484 e. The summed E-state index contributed by atoms with van der Waals surface area (Å²) in [4.78, 5) is 39.6. The first-order valence-electron chi connectivity index (χ1n) is 10.1. The van der Waals surface area contributed by atoms with Crippen LogP contribution in [0.15, 0.2) is 53.9 Å². The fourth-order valence-corrected chi connectivity index (χ4v) is 4.20. The predicted octanol–water partition coefficient (Wildman–Crippen LogP) is 4.30. The SMILES string of the molecule is CC(=O)Nc1ccc(NC(=O)CSCc2csc(NC(=O)COc3ccc(C)cc3)n2)cc1. The molecule has 1 heterocycles. The molecular formula is C23H24N4O4S2. The number of rotatable bonds is 10. The van der Waals surface area contributed by atoms with Gasteiger partial charge in [-0.3, -0.25) is 19.7 Å². The Hall–Kier alpha value is -3.37. The van der Waals surface area contributed by atoms with Crippen LogP contribution in [0.5, 0.6) is 5.75 Å². The minimum absolute atomic E-state index is 0.0985. The van der Waals surface area contributed by atoms with E-state index in [0.717, 1.165) is 11.3 Å². The Morgan fingerprint density at radius 3 is 2.27 bits per heavy atom. The molecule has 0 aliphatic rings. The molecular weight excluding hydrogens is 460 g/mol. The Bertz CT molecular complexity index is 1100. The second-order valence-corrected chi connectivity index (χ2v) is 8.94. The number of nitrogens with one attached hydrogen (secondary N) is 3. The molecule has 0 fully saturated rings. The number of thioether (sulfide) groups is 1. The van der Waals surface area contributed by atoms with E-state index < -0.39 is 0 Å². The van der Waals surface area contributed by atoms with E-state index in [0.29, 0.717) is 28.0 Å². The molecule has 0 atom stereocenters. The van der Waals surface area contributed by atoms with Gasteiger partial charge in [-0.2, -0.15) is 0 Å². The van der Waals surface area contributed by atoms with E-state index >= 15 is 0 Å². The average Bonchev–Trinajstić information content (AvgIpc) is 3.21. The second-order valence-electron chi connectivity index (χ2n) is 7.09. The molecule has 0 aliphatic carbocycles. The molecule has 0 saturated heterocycles. The van der Waals surface area contributed by atoms with Gasteiger partial charge in [-0.25, -0.2) is 4.98 Å². The van der Waals surface area contributed by atoms with E-state index in [9.17, 15) is 14.4 Å². The van der Waals surface area contributed by atoms with Crippen molar-refractivity contribution < 1.29 is 19.1 Å². The maximum absolute atomic E-state index is 12.1. The lowest BCUT2D eigenvalue weighted by atomic mass is 10.2. The Labute approximate surface area is 200 Å². The summed E-state index contributed by atoms with van der Waals surface area (Å²) in [7, 11) is 0.